The van der Waals surface area contributed by atoms with Crippen molar-refractivity contribution >= 4 is 22.0 Å². The van der Waals surface area contributed by atoms with Crippen LogP contribution in [0.25, 0.3) is 0 Å². The Morgan fingerprint density at radius 1 is 1.15 bits per heavy atom. The van der Waals surface area contributed by atoms with Gasteiger partial charge in [0.1, 0.15) is 16.5 Å². The van der Waals surface area contributed by atoms with Crippen LogP contribution in [0.2, 0.25) is 0 Å². The molecule has 11 heteroatoms. The lowest BCUT2D eigenvalue weighted by Crippen LogP contribution is -2.56. The average Bonchev–Trinajstić information content (AvgIpc) is 2.60. The molecule has 1 aromatic rings. The van der Waals surface area contributed by atoms with Crippen molar-refractivity contribution in [3.05, 3.63) is 29.8 Å². The Bertz CT molecular complexity index is 795. The van der Waals surface area contributed by atoms with E-state index in [9.17, 15) is 26.8 Å². The van der Waals surface area contributed by atoms with E-state index in [4.69, 9.17) is 0 Å². The third kappa shape index (κ3) is 4.34. The van der Waals surface area contributed by atoms with Gasteiger partial charge in [0, 0.05) is 39.3 Å². The van der Waals surface area contributed by atoms with Crippen LogP contribution in [0.4, 0.5) is 13.6 Å². The molecule has 0 aromatic heterocycles. The van der Waals surface area contributed by atoms with Crippen molar-refractivity contribution < 1.29 is 26.8 Å². The fraction of sp³-hybridized carbons (Fsp3) is 0.467. The van der Waals surface area contributed by atoms with Crippen molar-refractivity contribution in [1.82, 2.24) is 19.8 Å². The number of nitrogens with one attached hydrogen (secondary N) is 2. The van der Waals surface area contributed by atoms with E-state index in [0.29, 0.717) is 6.07 Å². The van der Waals surface area contributed by atoms with E-state index in [1.807, 2.05) is 0 Å². The summed E-state index contributed by atoms with van der Waals surface area (Å²) in [5, 5.41) is 4.43. The Labute approximate surface area is 150 Å². The molecule has 0 radical (unpaired) electrons. The number of rotatable bonds is 4. The lowest BCUT2D eigenvalue weighted by atomic mass is 10.2. The zero-order valence-electron chi connectivity index (χ0n) is 14.3. The number of amides is 3. The molecule has 2 rings (SSSR count). The van der Waals surface area contributed by atoms with Crippen LogP contribution in [-0.2, 0) is 14.8 Å². The second-order valence-electron chi connectivity index (χ2n) is 5.76. The van der Waals surface area contributed by atoms with E-state index in [-0.39, 0.29) is 26.2 Å². The third-order valence-electron chi connectivity index (χ3n) is 4.18. The highest BCUT2D eigenvalue weighted by atomic mass is 32.2. The molecule has 2 N–H and O–H groups in total. The maximum absolute atomic E-state index is 13.8. The minimum atomic E-state index is -4.10. The fourth-order valence-electron chi connectivity index (χ4n) is 2.60. The third-order valence-corrected chi connectivity index (χ3v) is 6.11. The van der Waals surface area contributed by atoms with E-state index < -0.39 is 44.5 Å². The van der Waals surface area contributed by atoms with Crippen molar-refractivity contribution in [3.63, 3.8) is 0 Å². The van der Waals surface area contributed by atoms with Crippen LogP contribution in [0.1, 0.15) is 6.92 Å². The first kappa shape index (κ1) is 20.2. The zero-order valence-corrected chi connectivity index (χ0v) is 15.1. The molecule has 1 atom stereocenters. The molecule has 144 valence electrons. The predicted octanol–water partition coefficient (Wildman–Crippen LogP) is 0.115. The highest BCUT2D eigenvalue weighted by Crippen LogP contribution is 2.21. The molecule has 1 aliphatic rings. The minimum absolute atomic E-state index is 0.0384. The van der Waals surface area contributed by atoms with E-state index in [0.717, 1.165) is 16.4 Å². The summed E-state index contributed by atoms with van der Waals surface area (Å²) >= 11 is 0. The average molecular weight is 390 g/mol. The van der Waals surface area contributed by atoms with Gasteiger partial charge in [0.25, 0.3) is 0 Å². The van der Waals surface area contributed by atoms with Gasteiger partial charge in [0.05, 0.1) is 6.04 Å². The number of carbonyl (C=O) groups is 2. The molecule has 0 aliphatic carbocycles. The van der Waals surface area contributed by atoms with Crippen LogP contribution in [0, 0.1) is 11.6 Å². The maximum Gasteiger partial charge on any atom is 0.321 e. The van der Waals surface area contributed by atoms with Crippen LogP contribution in [0.15, 0.2) is 23.1 Å². The summed E-state index contributed by atoms with van der Waals surface area (Å²) < 4.78 is 52.9. The summed E-state index contributed by atoms with van der Waals surface area (Å²) in [4.78, 5) is 24.3. The molecule has 1 aliphatic heterocycles. The lowest BCUT2D eigenvalue weighted by molar-refractivity contribution is -0.125. The largest absolute Gasteiger partial charge is 0.341 e. The van der Waals surface area contributed by atoms with Crippen molar-refractivity contribution in [1.29, 1.82) is 0 Å². The molecular formula is C15H20F2N4O4S. The van der Waals surface area contributed by atoms with E-state index in [1.165, 1.54) is 7.05 Å². The minimum Gasteiger partial charge on any atom is -0.341 e. The predicted molar refractivity (Wildman–Crippen MR) is 88.8 cm³/mol. The van der Waals surface area contributed by atoms with Gasteiger partial charge in [-0.1, -0.05) is 0 Å². The molecular weight excluding hydrogens is 370 g/mol. The van der Waals surface area contributed by atoms with E-state index in [1.54, 1.807) is 11.8 Å². The molecule has 0 spiro atoms. The Kier molecular flexibility index (Phi) is 6.26. The van der Waals surface area contributed by atoms with Crippen molar-refractivity contribution in [3.8, 4) is 0 Å². The molecule has 8 nitrogen and oxygen atoms in total. The van der Waals surface area contributed by atoms with Crippen LogP contribution >= 0.6 is 0 Å². The van der Waals surface area contributed by atoms with Gasteiger partial charge in [-0.3, -0.25) is 15.0 Å². The topological polar surface area (TPSA) is 98.8 Å². The van der Waals surface area contributed by atoms with Gasteiger partial charge < -0.3 is 5.32 Å². The first-order chi connectivity index (χ1) is 12.2. The first-order valence-corrected chi connectivity index (χ1v) is 9.32. The molecule has 0 unspecified atom stereocenters. The monoisotopic (exact) mass is 390 g/mol. The quantitative estimate of drug-likeness (QED) is 0.761. The summed E-state index contributed by atoms with van der Waals surface area (Å²) in [7, 11) is -2.72. The zero-order chi connectivity index (χ0) is 19.5. The molecule has 1 aromatic carbocycles. The molecule has 1 saturated heterocycles. The van der Waals surface area contributed by atoms with Crippen molar-refractivity contribution in [2.75, 3.05) is 33.2 Å². The number of hydrogen-bond donors (Lipinski definition) is 2. The van der Waals surface area contributed by atoms with Crippen LogP contribution < -0.4 is 10.6 Å². The number of urea groups is 1. The number of carbonyl (C=O) groups excluding carboxylic acids is 2. The van der Waals surface area contributed by atoms with Crippen LogP contribution in [0.3, 0.4) is 0 Å². The number of hydrogen-bond acceptors (Lipinski definition) is 5. The number of piperazine rings is 1. The normalized spacial score (nSPS) is 17.5. The molecule has 0 bridgehead atoms. The highest BCUT2D eigenvalue weighted by molar-refractivity contribution is 7.89. The fourth-order valence-corrected chi connectivity index (χ4v) is 4.07. The maximum atomic E-state index is 13.8. The van der Waals surface area contributed by atoms with Gasteiger partial charge in [0.15, 0.2) is 0 Å². The van der Waals surface area contributed by atoms with Crippen LogP contribution in [0.5, 0.6) is 0 Å². The standard InChI is InChI=1S/C15H20F2N4O4S/c1-10(14(22)19-15(23)18-2)20-5-7-21(8-6-20)26(24,25)13-4-3-11(16)9-12(13)17/h3-4,9-10H,5-8H2,1-2H3,(H2,18,19,22,23)/t10-/m0/s1. The second-order valence-corrected chi connectivity index (χ2v) is 7.67. The van der Waals surface area contributed by atoms with E-state index in [2.05, 4.69) is 10.6 Å². The Morgan fingerprint density at radius 3 is 2.31 bits per heavy atom. The van der Waals surface area contributed by atoms with Crippen LogP contribution in [-0.4, -0.2) is 68.8 Å². The van der Waals surface area contributed by atoms with Crippen molar-refractivity contribution in [2.45, 2.75) is 17.9 Å². The first-order valence-electron chi connectivity index (χ1n) is 7.88. The molecule has 0 saturated carbocycles. The molecule has 26 heavy (non-hydrogen) atoms. The number of imide groups is 1. The van der Waals surface area contributed by atoms with E-state index >= 15 is 0 Å². The summed E-state index contributed by atoms with van der Waals surface area (Å²) in [6.45, 7) is 2.13. The van der Waals surface area contributed by atoms with Gasteiger partial charge in [-0.05, 0) is 19.1 Å². The van der Waals surface area contributed by atoms with Crippen molar-refractivity contribution in [2.24, 2.45) is 0 Å². The van der Waals surface area contributed by atoms with Gasteiger partial charge >= 0.3 is 6.03 Å². The highest BCUT2D eigenvalue weighted by Gasteiger charge is 2.33. The molecule has 3 amide bonds. The number of halogens is 2. The molecule has 1 fully saturated rings. The van der Waals surface area contributed by atoms with Gasteiger partial charge in [-0.15, -0.1) is 0 Å². The van der Waals surface area contributed by atoms with Gasteiger partial charge in [-0.25, -0.2) is 22.0 Å². The van der Waals surface area contributed by atoms with Gasteiger partial charge in [0.2, 0.25) is 15.9 Å². The Morgan fingerprint density at radius 2 is 1.77 bits per heavy atom. The Balaban J connectivity index is 2.03. The molecule has 1 heterocycles. The number of sulfonamides is 1. The second kappa shape index (κ2) is 8.06. The van der Waals surface area contributed by atoms with Gasteiger partial charge in [-0.2, -0.15) is 4.31 Å². The number of benzene rings is 1. The summed E-state index contributed by atoms with van der Waals surface area (Å²) in [6, 6.07) is 1.03. The summed E-state index contributed by atoms with van der Waals surface area (Å²) in [5.41, 5.74) is 0. The number of nitrogens with zero attached hydrogens (tertiary/aromatic N) is 2. The SMILES string of the molecule is CNC(=O)NC(=O)[C@H](C)N1CCN(S(=O)(=O)c2ccc(F)cc2F)CC1. The summed E-state index contributed by atoms with van der Waals surface area (Å²) in [6.07, 6.45) is 0. The summed E-state index contributed by atoms with van der Waals surface area (Å²) in [5.74, 6) is -2.52. The smallest absolute Gasteiger partial charge is 0.321 e. The lowest BCUT2D eigenvalue weighted by Gasteiger charge is -2.36. The Hall–Kier alpha value is -2.11.